The van der Waals surface area contributed by atoms with Gasteiger partial charge in [-0.15, -0.1) is 0 Å². The Hall–Kier alpha value is -2.57. The Balaban J connectivity index is 1.73. The van der Waals surface area contributed by atoms with E-state index in [1.165, 1.54) is 17.4 Å². The molecule has 0 spiro atoms. The lowest BCUT2D eigenvalue weighted by Gasteiger charge is -2.00. The fourth-order valence-corrected chi connectivity index (χ4v) is 3.59. The molecule has 1 amide bonds. The number of ketones is 1. The largest absolute Gasteiger partial charge is 0.298 e. The third-order valence-corrected chi connectivity index (χ3v) is 5.13. The predicted molar refractivity (Wildman–Crippen MR) is 109 cm³/mol. The molecule has 1 N–H and O–H groups in total. The van der Waals surface area contributed by atoms with E-state index in [1.807, 2.05) is 30.3 Å². The summed E-state index contributed by atoms with van der Waals surface area (Å²) in [5, 5.41) is 3.15. The number of thiazole rings is 1. The summed E-state index contributed by atoms with van der Waals surface area (Å²) < 4.78 is 0.951. The molecule has 6 heteroatoms. The van der Waals surface area contributed by atoms with Crippen LogP contribution >= 0.6 is 27.3 Å². The number of benzene rings is 2. The van der Waals surface area contributed by atoms with Gasteiger partial charge in [-0.25, -0.2) is 4.98 Å². The molecule has 4 nitrogen and oxygen atoms in total. The lowest BCUT2D eigenvalue weighted by molar-refractivity contribution is 0.102. The smallest absolute Gasteiger partial charge is 0.257 e. The zero-order valence-electron chi connectivity index (χ0n) is 13.9. The van der Waals surface area contributed by atoms with Crippen LogP contribution in [0.25, 0.3) is 6.08 Å². The molecule has 1 aromatic heterocycles. The quantitative estimate of drug-likeness (QED) is 0.441. The maximum Gasteiger partial charge on any atom is 0.257 e. The molecular weight excluding hydrogens is 412 g/mol. The van der Waals surface area contributed by atoms with Crippen LogP contribution in [0.4, 0.5) is 5.13 Å². The molecule has 0 unspecified atom stereocenters. The molecular formula is C20H15BrN2O2S. The lowest BCUT2D eigenvalue weighted by Crippen LogP contribution is -2.11. The number of hydrogen-bond acceptors (Lipinski definition) is 4. The topological polar surface area (TPSA) is 59.1 Å². The second-order valence-corrected chi connectivity index (χ2v) is 7.42. The standard InChI is InChI=1S/C20H15BrN2O2S/c1-13-18(17(24)11-10-14-6-5-9-16(21)12-14)26-20(22-13)23-19(25)15-7-3-2-4-8-15/h2-12H,1H3,(H,22,23,25)/b11-10+. The third-order valence-electron chi connectivity index (χ3n) is 3.55. The molecule has 0 aliphatic carbocycles. The Labute approximate surface area is 163 Å². The number of aromatic nitrogens is 1. The van der Waals surface area contributed by atoms with E-state index < -0.39 is 0 Å². The fraction of sp³-hybridized carbons (Fsp3) is 0.0500. The number of halogens is 1. The van der Waals surface area contributed by atoms with Gasteiger partial charge in [-0.05, 0) is 42.8 Å². The first-order valence-electron chi connectivity index (χ1n) is 7.85. The first-order chi connectivity index (χ1) is 12.5. The van der Waals surface area contributed by atoms with E-state index in [2.05, 4.69) is 26.2 Å². The minimum atomic E-state index is -0.247. The van der Waals surface area contributed by atoms with E-state index in [0.29, 0.717) is 21.3 Å². The fourth-order valence-electron chi connectivity index (χ4n) is 2.30. The summed E-state index contributed by atoms with van der Waals surface area (Å²) in [6.07, 6.45) is 3.28. The molecule has 0 aliphatic rings. The Kier molecular flexibility index (Phi) is 5.75. The maximum atomic E-state index is 12.5. The average Bonchev–Trinajstić information content (AvgIpc) is 3.00. The lowest BCUT2D eigenvalue weighted by atomic mass is 10.2. The maximum absolute atomic E-state index is 12.5. The highest BCUT2D eigenvalue weighted by Crippen LogP contribution is 2.24. The van der Waals surface area contributed by atoms with E-state index in [1.54, 1.807) is 37.3 Å². The first kappa shape index (κ1) is 18.2. The minimum Gasteiger partial charge on any atom is -0.298 e. The number of nitrogens with one attached hydrogen (secondary N) is 1. The van der Waals surface area contributed by atoms with Gasteiger partial charge in [-0.1, -0.05) is 63.7 Å². The van der Waals surface area contributed by atoms with E-state index in [-0.39, 0.29) is 11.7 Å². The highest BCUT2D eigenvalue weighted by atomic mass is 79.9. The second kappa shape index (κ2) is 8.21. The van der Waals surface area contributed by atoms with Gasteiger partial charge in [0.05, 0.1) is 10.6 Å². The molecule has 0 fully saturated rings. The van der Waals surface area contributed by atoms with Gasteiger partial charge in [0.15, 0.2) is 10.9 Å². The number of carbonyl (C=O) groups excluding carboxylic acids is 2. The van der Waals surface area contributed by atoms with Crippen LogP contribution < -0.4 is 5.32 Å². The van der Waals surface area contributed by atoms with Crippen LogP contribution in [-0.2, 0) is 0 Å². The Morgan fingerprint density at radius 3 is 2.62 bits per heavy atom. The van der Waals surface area contributed by atoms with Crippen molar-refractivity contribution in [1.82, 2.24) is 4.98 Å². The third kappa shape index (κ3) is 4.53. The molecule has 26 heavy (non-hydrogen) atoms. The molecule has 0 radical (unpaired) electrons. The van der Waals surface area contributed by atoms with Gasteiger partial charge in [-0.3, -0.25) is 14.9 Å². The summed E-state index contributed by atoms with van der Waals surface area (Å²) in [5.41, 5.74) is 2.07. The summed E-state index contributed by atoms with van der Waals surface area (Å²) in [6.45, 7) is 1.76. The summed E-state index contributed by atoms with van der Waals surface area (Å²) >= 11 is 4.58. The minimum absolute atomic E-state index is 0.139. The van der Waals surface area contributed by atoms with Gasteiger partial charge >= 0.3 is 0 Å². The van der Waals surface area contributed by atoms with Crippen molar-refractivity contribution in [3.8, 4) is 0 Å². The number of anilines is 1. The van der Waals surface area contributed by atoms with E-state index in [4.69, 9.17) is 0 Å². The van der Waals surface area contributed by atoms with E-state index in [9.17, 15) is 9.59 Å². The van der Waals surface area contributed by atoms with Crippen LogP contribution in [0.1, 0.15) is 31.3 Å². The monoisotopic (exact) mass is 426 g/mol. The molecule has 0 saturated heterocycles. The van der Waals surface area contributed by atoms with Crippen molar-refractivity contribution >= 4 is 50.2 Å². The van der Waals surface area contributed by atoms with Gasteiger partial charge in [-0.2, -0.15) is 0 Å². The number of hydrogen-bond donors (Lipinski definition) is 1. The molecule has 1 heterocycles. The highest BCUT2D eigenvalue weighted by molar-refractivity contribution is 9.10. The highest BCUT2D eigenvalue weighted by Gasteiger charge is 2.15. The average molecular weight is 427 g/mol. The van der Waals surface area contributed by atoms with Crippen molar-refractivity contribution in [2.45, 2.75) is 6.92 Å². The number of aryl methyl sites for hydroxylation is 1. The molecule has 3 aromatic rings. The molecule has 0 saturated carbocycles. The number of nitrogens with zero attached hydrogens (tertiary/aromatic N) is 1. The van der Waals surface area contributed by atoms with Crippen LogP contribution in [0, 0.1) is 6.92 Å². The molecule has 0 atom stereocenters. The van der Waals surface area contributed by atoms with Crippen molar-refractivity contribution < 1.29 is 9.59 Å². The van der Waals surface area contributed by atoms with Crippen molar-refractivity contribution in [1.29, 1.82) is 0 Å². The number of amides is 1. The van der Waals surface area contributed by atoms with Crippen molar-refractivity contribution in [2.24, 2.45) is 0 Å². The van der Waals surface area contributed by atoms with E-state index >= 15 is 0 Å². The van der Waals surface area contributed by atoms with E-state index in [0.717, 1.165) is 10.0 Å². The Morgan fingerprint density at radius 2 is 1.88 bits per heavy atom. The van der Waals surface area contributed by atoms with Crippen LogP contribution in [0.3, 0.4) is 0 Å². The summed E-state index contributed by atoms with van der Waals surface area (Å²) in [6, 6.07) is 16.6. The molecule has 0 bridgehead atoms. The van der Waals surface area contributed by atoms with Gasteiger partial charge in [0.2, 0.25) is 0 Å². The predicted octanol–water partition coefficient (Wildman–Crippen LogP) is 5.36. The molecule has 2 aromatic carbocycles. The van der Waals surface area contributed by atoms with Crippen LogP contribution in [0.15, 0.2) is 65.1 Å². The Morgan fingerprint density at radius 1 is 1.12 bits per heavy atom. The Bertz CT molecular complexity index is 980. The zero-order chi connectivity index (χ0) is 18.5. The SMILES string of the molecule is Cc1nc(NC(=O)c2ccccc2)sc1C(=O)/C=C/c1cccc(Br)c1. The molecule has 3 rings (SSSR count). The second-order valence-electron chi connectivity index (χ2n) is 5.51. The van der Waals surface area contributed by atoms with Gasteiger partial charge < -0.3 is 0 Å². The van der Waals surface area contributed by atoms with Crippen molar-refractivity contribution in [3.63, 3.8) is 0 Å². The van der Waals surface area contributed by atoms with Crippen LogP contribution in [-0.4, -0.2) is 16.7 Å². The van der Waals surface area contributed by atoms with Crippen molar-refractivity contribution in [3.05, 3.63) is 86.8 Å². The first-order valence-corrected chi connectivity index (χ1v) is 9.45. The van der Waals surface area contributed by atoms with Gasteiger partial charge in [0.25, 0.3) is 5.91 Å². The van der Waals surface area contributed by atoms with Crippen LogP contribution in [0.2, 0.25) is 0 Å². The summed E-state index contributed by atoms with van der Waals surface area (Å²) in [4.78, 5) is 29.5. The number of rotatable bonds is 5. The summed E-state index contributed by atoms with van der Waals surface area (Å²) in [5.74, 6) is -0.386. The molecule has 130 valence electrons. The normalized spacial score (nSPS) is 10.8. The van der Waals surface area contributed by atoms with Crippen LogP contribution in [0.5, 0.6) is 0 Å². The molecule has 0 aliphatic heterocycles. The summed E-state index contributed by atoms with van der Waals surface area (Å²) in [7, 11) is 0. The zero-order valence-corrected chi connectivity index (χ0v) is 16.3. The van der Waals surface area contributed by atoms with Crippen molar-refractivity contribution in [2.75, 3.05) is 5.32 Å². The number of carbonyl (C=O) groups is 2. The number of allylic oxidation sites excluding steroid dienone is 1. The van der Waals surface area contributed by atoms with Gasteiger partial charge in [0.1, 0.15) is 0 Å². The van der Waals surface area contributed by atoms with Gasteiger partial charge in [0, 0.05) is 10.0 Å².